The molecule has 2 heterocycles. The molecule has 0 saturated carbocycles. The normalized spacial score (nSPS) is 16.6. The first-order valence-corrected chi connectivity index (χ1v) is 6.34. The summed E-state index contributed by atoms with van der Waals surface area (Å²) in [7, 11) is 0. The lowest BCUT2D eigenvalue weighted by Gasteiger charge is -2.16. The van der Waals surface area contributed by atoms with Gasteiger partial charge < -0.3 is 15.4 Å². The van der Waals surface area contributed by atoms with Gasteiger partial charge in [-0.2, -0.15) is 0 Å². The van der Waals surface area contributed by atoms with Crippen molar-refractivity contribution in [2.75, 3.05) is 13.1 Å². The van der Waals surface area contributed by atoms with Crippen LogP contribution in [0.3, 0.4) is 0 Å². The molecule has 0 bridgehead atoms. The summed E-state index contributed by atoms with van der Waals surface area (Å²) in [4.78, 5) is 3.17. The maximum Gasteiger partial charge on any atom is 0.0564 e. The molecule has 3 nitrogen and oxygen atoms in total. The fourth-order valence-electron chi connectivity index (χ4n) is 1.70. The van der Waals surface area contributed by atoms with E-state index in [-0.39, 0.29) is 6.10 Å². The Hall–Kier alpha value is -0.800. The average molecular weight is 224 g/mol. The predicted molar refractivity (Wildman–Crippen MR) is 67.5 cm³/mol. The lowest BCUT2D eigenvalue weighted by Crippen LogP contribution is -2.30. The van der Waals surface area contributed by atoms with Crippen LogP contribution in [0.15, 0.2) is 18.3 Å². The molecular formula is C13H24N2O. The molecule has 0 radical (unpaired) electrons. The van der Waals surface area contributed by atoms with E-state index in [9.17, 15) is 0 Å². The molecule has 0 aliphatic carbocycles. The van der Waals surface area contributed by atoms with E-state index in [0.717, 1.165) is 25.9 Å². The molecule has 0 unspecified atom stereocenters. The van der Waals surface area contributed by atoms with Crippen molar-refractivity contribution in [3.8, 4) is 0 Å². The first-order valence-electron chi connectivity index (χ1n) is 6.34. The monoisotopic (exact) mass is 224 g/mol. The predicted octanol–water partition coefficient (Wildman–Crippen LogP) is 2.09. The Morgan fingerprint density at radius 1 is 1.38 bits per heavy atom. The van der Waals surface area contributed by atoms with Gasteiger partial charge in [-0.1, -0.05) is 13.3 Å². The lowest BCUT2D eigenvalue weighted by molar-refractivity contribution is 0.137. The molecular weight excluding hydrogens is 200 g/mol. The van der Waals surface area contributed by atoms with Crippen molar-refractivity contribution in [1.29, 1.82) is 0 Å². The van der Waals surface area contributed by atoms with Crippen molar-refractivity contribution in [1.82, 2.24) is 10.3 Å². The van der Waals surface area contributed by atoms with Gasteiger partial charge in [0.25, 0.3) is 0 Å². The van der Waals surface area contributed by atoms with Crippen molar-refractivity contribution in [2.24, 2.45) is 0 Å². The molecule has 1 aromatic rings. The van der Waals surface area contributed by atoms with E-state index < -0.39 is 0 Å². The summed E-state index contributed by atoms with van der Waals surface area (Å²) >= 11 is 0. The van der Waals surface area contributed by atoms with Crippen molar-refractivity contribution in [3.63, 3.8) is 0 Å². The fourth-order valence-corrected chi connectivity index (χ4v) is 1.70. The Morgan fingerprint density at radius 2 is 2.12 bits per heavy atom. The zero-order chi connectivity index (χ0) is 11.6. The number of rotatable bonds is 3. The number of aliphatic hydroxyl groups is 1. The van der Waals surface area contributed by atoms with Gasteiger partial charge in [0.1, 0.15) is 0 Å². The largest absolute Gasteiger partial charge is 0.393 e. The van der Waals surface area contributed by atoms with Crippen LogP contribution in [-0.2, 0) is 6.42 Å². The first kappa shape index (κ1) is 13.3. The molecule has 3 N–H and O–H groups in total. The molecule has 1 aliphatic rings. The van der Waals surface area contributed by atoms with Gasteiger partial charge in [-0.15, -0.1) is 0 Å². The maximum absolute atomic E-state index is 8.87. The van der Waals surface area contributed by atoms with Crippen molar-refractivity contribution < 1.29 is 5.11 Å². The van der Waals surface area contributed by atoms with Crippen LogP contribution in [0.5, 0.6) is 0 Å². The summed E-state index contributed by atoms with van der Waals surface area (Å²) < 4.78 is 0. The third kappa shape index (κ3) is 5.93. The minimum absolute atomic E-state index is 0.0266. The number of hydrogen-bond donors (Lipinski definition) is 3. The van der Waals surface area contributed by atoms with E-state index in [2.05, 4.69) is 23.3 Å². The van der Waals surface area contributed by atoms with Gasteiger partial charge in [-0.3, -0.25) is 0 Å². The van der Waals surface area contributed by atoms with Gasteiger partial charge in [0.05, 0.1) is 6.10 Å². The van der Waals surface area contributed by atoms with Crippen LogP contribution < -0.4 is 5.32 Å². The van der Waals surface area contributed by atoms with Crippen LogP contribution in [0.1, 0.15) is 38.3 Å². The summed E-state index contributed by atoms with van der Waals surface area (Å²) in [5.41, 5.74) is 1.36. The summed E-state index contributed by atoms with van der Waals surface area (Å²) in [5.74, 6) is 0. The molecule has 0 spiro atoms. The minimum Gasteiger partial charge on any atom is -0.393 e. The molecule has 1 aliphatic heterocycles. The summed E-state index contributed by atoms with van der Waals surface area (Å²) in [6, 6.07) is 4.18. The zero-order valence-electron chi connectivity index (χ0n) is 10.2. The standard InChI is InChI=1S/C8H13N.C5H11NO/c1-2-3-5-8-6-4-7-9-8;7-5-1-3-6-4-2-5/h4,6-7,9H,2-3,5H2,1H3;5-7H,1-4H2. The number of unbranched alkanes of at least 4 members (excludes halogenated alkanes) is 1. The van der Waals surface area contributed by atoms with Gasteiger partial charge in [0, 0.05) is 11.9 Å². The number of hydrogen-bond acceptors (Lipinski definition) is 2. The smallest absolute Gasteiger partial charge is 0.0564 e. The van der Waals surface area contributed by atoms with E-state index in [0.29, 0.717) is 0 Å². The van der Waals surface area contributed by atoms with Gasteiger partial charge >= 0.3 is 0 Å². The zero-order valence-corrected chi connectivity index (χ0v) is 10.2. The molecule has 1 fully saturated rings. The highest BCUT2D eigenvalue weighted by molar-refractivity contribution is 5.03. The number of H-pyrrole nitrogens is 1. The SMILES string of the molecule is CCCCc1ccc[nH]1.OC1CCNCC1. The van der Waals surface area contributed by atoms with E-state index in [1.807, 2.05) is 12.3 Å². The van der Waals surface area contributed by atoms with Crippen LogP contribution in [0.25, 0.3) is 0 Å². The second kappa shape index (κ2) is 8.36. The van der Waals surface area contributed by atoms with Gasteiger partial charge in [-0.25, -0.2) is 0 Å². The van der Waals surface area contributed by atoms with Gasteiger partial charge in [0.15, 0.2) is 0 Å². The number of nitrogens with one attached hydrogen (secondary N) is 2. The number of aromatic amines is 1. The second-order valence-corrected chi connectivity index (χ2v) is 4.28. The average Bonchev–Trinajstić information content (AvgIpc) is 2.81. The highest BCUT2D eigenvalue weighted by Gasteiger charge is 2.06. The van der Waals surface area contributed by atoms with E-state index in [1.54, 1.807) is 0 Å². The Balaban J connectivity index is 0.000000165. The van der Waals surface area contributed by atoms with Crippen molar-refractivity contribution >= 4 is 0 Å². The minimum atomic E-state index is -0.0266. The molecule has 1 aromatic heterocycles. The fraction of sp³-hybridized carbons (Fsp3) is 0.692. The van der Waals surface area contributed by atoms with Crippen LogP contribution in [0.4, 0.5) is 0 Å². The molecule has 16 heavy (non-hydrogen) atoms. The van der Waals surface area contributed by atoms with E-state index >= 15 is 0 Å². The maximum atomic E-state index is 8.87. The van der Waals surface area contributed by atoms with E-state index in [1.165, 1.54) is 25.0 Å². The molecule has 92 valence electrons. The van der Waals surface area contributed by atoms with Crippen molar-refractivity contribution in [3.05, 3.63) is 24.0 Å². The Bertz CT molecular complexity index is 240. The Morgan fingerprint density at radius 3 is 2.56 bits per heavy atom. The molecule has 0 atom stereocenters. The highest BCUT2D eigenvalue weighted by atomic mass is 16.3. The summed E-state index contributed by atoms with van der Waals surface area (Å²) in [6.45, 7) is 4.19. The number of aromatic nitrogens is 1. The third-order valence-electron chi connectivity index (χ3n) is 2.77. The lowest BCUT2D eigenvalue weighted by atomic mass is 10.1. The molecule has 1 saturated heterocycles. The third-order valence-corrected chi connectivity index (χ3v) is 2.77. The van der Waals surface area contributed by atoms with Crippen LogP contribution in [-0.4, -0.2) is 29.3 Å². The Kier molecular flexibility index (Phi) is 6.93. The highest BCUT2D eigenvalue weighted by Crippen LogP contribution is 2.00. The van der Waals surface area contributed by atoms with Crippen LogP contribution in [0, 0.1) is 0 Å². The number of piperidine rings is 1. The van der Waals surface area contributed by atoms with Crippen LogP contribution >= 0.6 is 0 Å². The van der Waals surface area contributed by atoms with Crippen LogP contribution in [0.2, 0.25) is 0 Å². The first-order chi connectivity index (χ1) is 7.83. The quantitative estimate of drug-likeness (QED) is 0.736. The molecule has 2 rings (SSSR count). The number of aliphatic hydroxyl groups excluding tert-OH is 1. The molecule has 0 aromatic carbocycles. The van der Waals surface area contributed by atoms with E-state index in [4.69, 9.17) is 5.11 Å². The second-order valence-electron chi connectivity index (χ2n) is 4.28. The topological polar surface area (TPSA) is 48.0 Å². The Labute approximate surface area is 98.3 Å². The van der Waals surface area contributed by atoms with Gasteiger partial charge in [-0.05, 0) is 50.9 Å². The summed E-state index contributed by atoms with van der Waals surface area (Å²) in [5, 5.41) is 12.0. The number of aryl methyl sites for hydroxylation is 1. The molecule has 0 amide bonds. The summed E-state index contributed by atoms with van der Waals surface area (Å²) in [6.07, 6.45) is 7.58. The van der Waals surface area contributed by atoms with Gasteiger partial charge in [0.2, 0.25) is 0 Å². The van der Waals surface area contributed by atoms with Crippen molar-refractivity contribution in [2.45, 2.75) is 45.1 Å². The molecule has 3 heteroatoms.